The van der Waals surface area contributed by atoms with Gasteiger partial charge in [0.1, 0.15) is 24.3 Å². The van der Waals surface area contributed by atoms with Gasteiger partial charge in [-0.3, -0.25) is 4.57 Å². The first kappa shape index (κ1) is 13.5. The molecule has 0 amide bonds. The Balaban J connectivity index is 2.20. The smallest absolute Gasteiger partial charge is 0.351 e. The highest BCUT2D eigenvalue weighted by Crippen LogP contribution is 2.29. The Morgan fingerprint density at radius 1 is 1.68 bits per heavy atom. The number of rotatable bonds is 2. The normalized spacial score (nSPS) is 27.6. The second kappa shape index (κ2) is 5.40. The van der Waals surface area contributed by atoms with Crippen LogP contribution in [0.3, 0.4) is 0 Å². The van der Waals surface area contributed by atoms with Crippen LogP contribution in [0.2, 0.25) is 0 Å². The van der Waals surface area contributed by atoms with Gasteiger partial charge in [-0.2, -0.15) is 4.98 Å². The Morgan fingerprint density at radius 3 is 3.05 bits per heavy atom. The standard InChI is InChI=1S/C12H15N3O4/c1-2-3-7(16)11-8(17)6-10(19-11)15-5-4-9(13)14-12(15)18/h4-5,7-8,10-11,16-17H,6H2,1H3,(H2,13,14,18)/t7?,8-,10+,11+/m0/s1. The molecule has 0 aromatic carbocycles. The van der Waals surface area contributed by atoms with E-state index in [1.165, 1.54) is 16.8 Å². The van der Waals surface area contributed by atoms with Crippen LogP contribution >= 0.6 is 0 Å². The molecule has 1 aromatic rings. The molecule has 1 aliphatic heterocycles. The molecule has 1 fully saturated rings. The second-order valence-electron chi connectivity index (χ2n) is 4.24. The van der Waals surface area contributed by atoms with E-state index in [9.17, 15) is 15.0 Å². The van der Waals surface area contributed by atoms with Crippen LogP contribution in [0.1, 0.15) is 19.6 Å². The van der Waals surface area contributed by atoms with E-state index in [2.05, 4.69) is 16.8 Å². The van der Waals surface area contributed by atoms with E-state index in [0.717, 1.165) is 0 Å². The number of anilines is 1. The minimum Gasteiger partial charge on any atom is -0.390 e. The van der Waals surface area contributed by atoms with Gasteiger partial charge in [0.15, 0.2) is 0 Å². The molecule has 4 N–H and O–H groups in total. The molecule has 7 heteroatoms. The molecule has 7 nitrogen and oxygen atoms in total. The summed E-state index contributed by atoms with van der Waals surface area (Å²) in [6.45, 7) is 1.58. The molecule has 2 rings (SSSR count). The number of nitrogens with two attached hydrogens (primary N) is 1. The molecule has 4 atom stereocenters. The summed E-state index contributed by atoms with van der Waals surface area (Å²) in [6.07, 6.45) is -1.90. The van der Waals surface area contributed by atoms with Gasteiger partial charge in [0, 0.05) is 12.6 Å². The van der Waals surface area contributed by atoms with Gasteiger partial charge in [-0.15, -0.1) is 5.92 Å². The van der Waals surface area contributed by atoms with Crippen molar-refractivity contribution in [3.8, 4) is 11.8 Å². The summed E-state index contributed by atoms with van der Waals surface area (Å²) in [6, 6.07) is 1.47. The van der Waals surface area contributed by atoms with Crippen molar-refractivity contribution in [3.05, 3.63) is 22.7 Å². The van der Waals surface area contributed by atoms with Gasteiger partial charge in [-0.1, -0.05) is 5.92 Å². The highest BCUT2D eigenvalue weighted by molar-refractivity contribution is 5.23. The fourth-order valence-electron chi connectivity index (χ4n) is 2.01. The van der Waals surface area contributed by atoms with Crippen LogP contribution in [0.5, 0.6) is 0 Å². The van der Waals surface area contributed by atoms with Crippen LogP contribution in [0, 0.1) is 11.8 Å². The third-order valence-electron chi connectivity index (χ3n) is 2.90. The Morgan fingerprint density at radius 2 is 2.42 bits per heavy atom. The molecule has 0 radical (unpaired) electrons. The molecular formula is C12H15N3O4. The Bertz CT molecular complexity index is 574. The number of aliphatic hydroxyl groups excluding tert-OH is 2. The van der Waals surface area contributed by atoms with E-state index in [1.54, 1.807) is 6.92 Å². The largest absolute Gasteiger partial charge is 0.390 e. The van der Waals surface area contributed by atoms with Gasteiger partial charge in [0.25, 0.3) is 0 Å². The van der Waals surface area contributed by atoms with Crippen LogP contribution < -0.4 is 11.4 Å². The van der Waals surface area contributed by atoms with Gasteiger partial charge >= 0.3 is 5.69 Å². The zero-order chi connectivity index (χ0) is 14.0. The van der Waals surface area contributed by atoms with Gasteiger partial charge in [-0.25, -0.2) is 4.79 Å². The average molecular weight is 265 g/mol. The Hall–Kier alpha value is -1.88. The molecule has 2 heterocycles. The molecule has 1 aromatic heterocycles. The topological polar surface area (TPSA) is 111 Å². The fourth-order valence-corrected chi connectivity index (χ4v) is 2.01. The lowest BCUT2D eigenvalue weighted by molar-refractivity contribution is -0.0655. The Labute approximate surface area is 109 Å². The number of hydrogen-bond donors (Lipinski definition) is 3. The molecule has 0 aliphatic carbocycles. The van der Waals surface area contributed by atoms with Crippen LogP contribution in [0.4, 0.5) is 5.82 Å². The average Bonchev–Trinajstić information content (AvgIpc) is 2.71. The zero-order valence-corrected chi connectivity index (χ0v) is 10.4. The molecule has 1 saturated heterocycles. The second-order valence-corrected chi connectivity index (χ2v) is 4.24. The summed E-state index contributed by atoms with van der Waals surface area (Å²) < 4.78 is 6.70. The number of aliphatic hydroxyl groups is 2. The minimum absolute atomic E-state index is 0.119. The van der Waals surface area contributed by atoms with E-state index >= 15 is 0 Å². The number of aromatic nitrogens is 2. The summed E-state index contributed by atoms with van der Waals surface area (Å²) in [7, 11) is 0. The summed E-state index contributed by atoms with van der Waals surface area (Å²) in [5.74, 6) is 5.18. The minimum atomic E-state index is -1.09. The SMILES string of the molecule is CC#CC(O)[C@H]1O[C@@H](n2ccc(N)nc2=O)C[C@@H]1O. The maximum absolute atomic E-state index is 11.7. The van der Waals surface area contributed by atoms with Crippen LogP contribution in [-0.4, -0.2) is 38.1 Å². The van der Waals surface area contributed by atoms with Crippen LogP contribution in [0.25, 0.3) is 0 Å². The monoisotopic (exact) mass is 265 g/mol. The first-order valence-electron chi connectivity index (χ1n) is 5.81. The maximum atomic E-state index is 11.7. The van der Waals surface area contributed by atoms with E-state index in [0.29, 0.717) is 0 Å². The number of ether oxygens (including phenoxy) is 1. The quantitative estimate of drug-likeness (QED) is 0.583. The van der Waals surface area contributed by atoms with Gasteiger partial charge in [0.2, 0.25) is 0 Å². The third kappa shape index (κ3) is 2.76. The molecule has 19 heavy (non-hydrogen) atoms. The van der Waals surface area contributed by atoms with Crippen molar-refractivity contribution in [1.82, 2.24) is 9.55 Å². The molecule has 1 unspecified atom stereocenters. The predicted octanol–water partition coefficient (Wildman–Crippen LogP) is -1.14. The number of nitrogens with zero attached hydrogens (tertiary/aromatic N) is 2. The highest BCUT2D eigenvalue weighted by Gasteiger charge is 2.39. The zero-order valence-electron chi connectivity index (χ0n) is 10.4. The van der Waals surface area contributed by atoms with E-state index in [1.807, 2.05) is 0 Å². The number of nitrogen functional groups attached to an aromatic ring is 1. The van der Waals surface area contributed by atoms with Crippen molar-refractivity contribution in [2.75, 3.05) is 5.73 Å². The number of hydrogen-bond acceptors (Lipinski definition) is 6. The van der Waals surface area contributed by atoms with E-state index < -0.39 is 30.2 Å². The highest BCUT2D eigenvalue weighted by atomic mass is 16.5. The molecule has 102 valence electrons. The van der Waals surface area contributed by atoms with Crippen LogP contribution in [-0.2, 0) is 4.74 Å². The van der Waals surface area contributed by atoms with Crippen molar-refractivity contribution in [1.29, 1.82) is 0 Å². The molecule has 0 saturated carbocycles. The lowest BCUT2D eigenvalue weighted by atomic mass is 10.1. The lowest BCUT2D eigenvalue weighted by Gasteiger charge is -2.17. The summed E-state index contributed by atoms with van der Waals surface area (Å²) in [5.41, 5.74) is 4.83. The third-order valence-corrected chi connectivity index (χ3v) is 2.90. The Kier molecular flexibility index (Phi) is 3.85. The van der Waals surface area contributed by atoms with E-state index in [4.69, 9.17) is 10.5 Å². The fraction of sp³-hybridized carbons (Fsp3) is 0.500. The van der Waals surface area contributed by atoms with Crippen molar-refractivity contribution in [2.45, 2.75) is 37.9 Å². The molecule has 0 spiro atoms. The molecular weight excluding hydrogens is 250 g/mol. The lowest BCUT2D eigenvalue weighted by Crippen LogP contribution is -2.33. The van der Waals surface area contributed by atoms with E-state index in [-0.39, 0.29) is 12.2 Å². The van der Waals surface area contributed by atoms with Crippen molar-refractivity contribution < 1.29 is 14.9 Å². The van der Waals surface area contributed by atoms with Gasteiger partial charge in [0.05, 0.1) is 6.10 Å². The van der Waals surface area contributed by atoms with Crippen LogP contribution in [0.15, 0.2) is 17.1 Å². The van der Waals surface area contributed by atoms with Crippen molar-refractivity contribution in [2.24, 2.45) is 0 Å². The first-order valence-corrected chi connectivity index (χ1v) is 5.81. The van der Waals surface area contributed by atoms with Crippen molar-refractivity contribution >= 4 is 5.82 Å². The summed E-state index contributed by atoms with van der Waals surface area (Å²) in [5, 5.41) is 19.6. The van der Waals surface area contributed by atoms with Crippen molar-refractivity contribution in [3.63, 3.8) is 0 Å². The predicted molar refractivity (Wildman–Crippen MR) is 66.9 cm³/mol. The van der Waals surface area contributed by atoms with Gasteiger partial charge in [-0.05, 0) is 13.0 Å². The van der Waals surface area contributed by atoms with Gasteiger partial charge < -0.3 is 20.7 Å². The summed E-state index contributed by atoms with van der Waals surface area (Å²) in [4.78, 5) is 15.2. The first-order chi connectivity index (χ1) is 9.02. The maximum Gasteiger partial charge on any atom is 0.351 e. The summed E-state index contributed by atoms with van der Waals surface area (Å²) >= 11 is 0. The molecule has 0 bridgehead atoms. The molecule has 1 aliphatic rings.